The van der Waals surface area contributed by atoms with Crippen molar-refractivity contribution in [2.75, 3.05) is 36.8 Å². The molecular formula is C12H17N5O. The zero-order chi connectivity index (χ0) is 12.5. The zero-order valence-electron chi connectivity index (χ0n) is 10.4. The standard InChI is InChI=1S/C12H17N5O/c1-2-8-7-18-10-9(8)15-12(13)16-11(10)17-5-3-14-4-6-17/h7,14H,2-6H2,1H3,(H2,13,15,16). The summed E-state index contributed by atoms with van der Waals surface area (Å²) in [5.74, 6) is 1.13. The first kappa shape index (κ1) is 11.3. The average Bonchev–Trinajstić information content (AvgIpc) is 2.81. The summed E-state index contributed by atoms with van der Waals surface area (Å²) in [4.78, 5) is 10.8. The molecule has 0 unspecified atom stereocenters. The number of nitrogens with two attached hydrogens (primary N) is 1. The molecule has 0 radical (unpaired) electrons. The number of rotatable bonds is 2. The molecule has 2 aromatic heterocycles. The second-order valence-electron chi connectivity index (χ2n) is 4.43. The zero-order valence-corrected chi connectivity index (χ0v) is 10.4. The number of hydrogen-bond acceptors (Lipinski definition) is 6. The van der Waals surface area contributed by atoms with Crippen molar-refractivity contribution in [3.05, 3.63) is 11.8 Å². The molecular weight excluding hydrogens is 230 g/mol. The normalized spacial score (nSPS) is 16.4. The lowest BCUT2D eigenvalue weighted by molar-refractivity contribution is 0.573. The van der Waals surface area contributed by atoms with Crippen LogP contribution in [0.2, 0.25) is 0 Å². The molecule has 1 aliphatic rings. The highest BCUT2D eigenvalue weighted by Gasteiger charge is 2.20. The fourth-order valence-electron chi connectivity index (χ4n) is 2.31. The van der Waals surface area contributed by atoms with Gasteiger partial charge in [0.15, 0.2) is 11.4 Å². The molecule has 0 aromatic carbocycles. The molecule has 1 saturated heterocycles. The molecule has 18 heavy (non-hydrogen) atoms. The van der Waals surface area contributed by atoms with Crippen LogP contribution in [-0.2, 0) is 6.42 Å². The fourth-order valence-corrected chi connectivity index (χ4v) is 2.31. The molecule has 96 valence electrons. The van der Waals surface area contributed by atoms with Gasteiger partial charge < -0.3 is 20.4 Å². The molecule has 1 aliphatic heterocycles. The largest absolute Gasteiger partial charge is 0.458 e. The summed E-state index contributed by atoms with van der Waals surface area (Å²) in [5.41, 5.74) is 8.49. The maximum absolute atomic E-state index is 5.81. The average molecular weight is 247 g/mol. The SMILES string of the molecule is CCc1coc2c(N3CCNCC3)nc(N)nc12. The lowest BCUT2D eigenvalue weighted by Gasteiger charge is -2.28. The van der Waals surface area contributed by atoms with E-state index in [1.807, 2.05) is 0 Å². The van der Waals surface area contributed by atoms with Gasteiger partial charge in [-0.05, 0) is 6.42 Å². The van der Waals surface area contributed by atoms with Crippen molar-refractivity contribution in [3.63, 3.8) is 0 Å². The van der Waals surface area contributed by atoms with Crippen LogP contribution in [0.25, 0.3) is 11.1 Å². The number of fused-ring (bicyclic) bond motifs is 1. The number of nitrogens with zero attached hydrogens (tertiary/aromatic N) is 3. The van der Waals surface area contributed by atoms with E-state index in [0.717, 1.165) is 55.1 Å². The minimum atomic E-state index is 0.312. The van der Waals surface area contributed by atoms with Gasteiger partial charge in [-0.3, -0.25) is 0 Å². The van der Waals surface area contributed by atoms with Crippen molar-refractivity contribution >= 4 is 22.9 Å². The second kappa shape index (κ2) is 4.45. The van der Waals surface area contributed by atoms with Gasteiger partial charge in [0.2, 0.25) is 5.95 Å². The Morgan fingerprint density at radius 2 is 2.17 bits per heavy atom. The number of piperazine rings is 1. The first-order valence-electron chi connectivity index (χ1n) is 6.29. The van der Waals surface area contributed by atoms with Crippen molar-refractivity contribution in [2.45, 2.75) is 13.3 Å². The Hall–Kier alpha value is -1.82. The Labute approximate surface area is 105 Å². The quantitative estimate of drug-likeness (QED) is 0.816. The Balaban J connectivity index is 2.12. The molecule has 0 saturated carbocycles. The Morgan fingerprint density at radius 3 is 2.89 bits per heavy atom. The van der Waals surface area contributed by atoms with E-state index < -0.39 is 0 Å². The van der Waals surface area contributed by atoms with Crippen LogP contribution in [-0.4, -0.2) is 36.1 Å². The van der Waals surface area contributed by atoms with E-state index in [1.165, 1.54) is 0 Å². The monoisotopic (exact) mass is 247 g/mol. The van der Waals surface area contributed by atoms with Crippen LogP contribution in [0.1, 0.15) is 12.5 Å². The first-order chi connectivity index (χ1) is 8.79. The van der Waals surface area contributed by atoms with Crippen LogP contribution < -0.4 is 16.0 Å². The molecule has 3 N–H and O–H groups in total. The van der Waals surface area contributed by atoms with Crippen molar-refractivity contribution in [1.29, 1.82) is 0 Å². The molecule has 0 atom stereocenters. The van der Waals surface area contributed by atoms with Gasteiger partial charge in [0.1, 0.15) is 5.52 Å². The van der Waals surface area contributed by atoms with Gasteiger partial charge in [0.05, 0.1) is 6.26 Å². The third kappa shape index (κ3) is 1.78. The number of aryl methyl sites for hydroxylation is 1. The third-order valence-electron chi connectivity index (χ3n) is 3.29. The number of aromatic nitrogens is 2. The molecule has 2 aromatic rings. The van der Waals surface area contributed by atoms with Gasteiger partial charge in [-0.25, -0.2) is 4.98 Å². The Morgan fingerprint density at radius 1 is 1.39 bits per heavy atom. The smallest absolute Gasteiger partial charge is 0.222 e. The summed E-state index contributed by atoms with van der Waals surface area (Å²) in [5, 5.41) is 3.32. The summed E-state index contributed by atoms with van der Waals surface area (Å²) in [6.45, 7) is 5.80. The van der Waals surface area contributed by atoms with Crippen LogP contribution in [0.3, 0.4) is 0 Å². The van der Waals surface area contributed by atoms with Crippen LogP contribution in [0.5, 0.6) is 0 Å². The highest BCUT2D eigenvalue weighted by Crippen LogP contribution is 2.28. The van der Waals surface area contributed by atoms with Crippen molar-refractivity contribution < 1.29 is 4.42 Å². The summed E-state index contributed by atoms with van der Waals surface area (Å²) >= 11 is 0. The van der Waals surface area contributed by atoms with E-state index in [1.54, 1.807) is 6.26 Å². The molecule has 0 spiro atoms. The number of hydrogen-bond donors (Lipinski definition) is 2. The summed E-state index contributed by atoms with van der Waals surface area (Å²) < 4.78 is 5.64. The third-order valence-corrected chi connectivity index (χ3v) is 3.29. The van der Waals surface area contributed by atoms with Crippen LogP contribution in [0.4, 0.5) is 11.8 Å². The molecule has 0 amide bonds. The molecule has 3 heterocycles. The first-order valence-corrected chi connectivity index (χ1v) is 6.29. The molecule has 3 rings (SSSR count). The van der Waals surface area contributed by atoms with Gasteiger partial charge >= 0.3 is 0 Å². The van der Waals surface area contributed by atoms with Crippen molar-refractivity contribution in [3.8, 4) is 0 Å². The highest BCUT2D eigenvalue weighted by atomic mass is 16.3. The second-order valence-corrected chi connectivity index (χ2v) is 4.43. The Kier molecular flexibility index (Phi) is 2.79. The summed E-state index contributed by atoms with van der Waals surface area (Å²) in [6, 6.07) is 0. The van der Waals surface area contributed by atoms with Gasteiger partial charge in [-0.15, -0.1) is 0 Å². The van der Waals surface area contributed by atoms with Crippen molar-refractivity contribution in [1.82, 2.24) is 15.3 Å². The minimum absolute atomic E-state index is 0.312. The van der Waals surface area contributed by atoms with Crippen LogP contribution in [0.15, 0.2) is 10.7 Å². The number of furan rings is 1. The van der Waals surface area contributed by atoms with E-state index in [2.05, 4.69) is 27.1 Å². The van der Waals surface area contributed by atoms with E-state index >= 15 is 0 Å². The predicted molar refractivity (Wildman–Crippen MR) is 70.7 cm³/mol. The fraction of sp³-hybridized carbons (Fsp3) is 0.500. The topological polar surface area (TPSA) is 80.2 Å². The number of nitrogens with one attached hydrogen (secondary N) is 1. The van der Waals surface area contributed by atoms with Crippen LogP contribution >= 0.6 is 0 Å². The lowest BCUT2D eigenvalue weighted by atomic mass is 10.2. The predicted octanol–water partition coefficient (Wildman–Crippen LogP) is 0.777. The molecule has 0 aliphatic carbocycles. The van der Waals surface area contributed by atoms with E-state index in [-0.39, 0.29) is 0 Å². The molecule has 6 nitrogen and oxygen atoms in total. The maximum Gasteiger partial charge on any atom is 0.222 e. The van der Waals surface area contributed by atoms with E-state index in [0.29, 0.717) is 5.95 Å². The minimum Gasteiger partial charge on any atom is -0.458 e. The number of anilines is 2. The number of nitrogen functional groups attached to an aromatic ring is 1. The molecule has 6 heteroatoms. The van der Waals surface area contributed by atoms with E-state index in [4.69, 9.17) is 10.2 Å². The van der Waals surface area contributed by atoms with Gasteiger partial charge in [-0.2, -0.15) is 4.98 Å². The van der Waals surface area contributed by atoms with Gasteiger partial charge in [0.25, 0.3) is 0 Å². The van der Waals surface area contributed by atoms with Crippen molar-refractivity contribution in [2.24, 2.45) is 0 Å². The summed E-state index contributed by atoms with van der Waals surface area (Å²) in [7, 11) is 0. The van der Waals surface area contributed by atoms with Gasteiger partial charge in [0, 0.05) is 31.7 Å². The molecule has 0 bridgehead atoms. The Bertz CT molecular complexity index is 559. The maximum atomic E-state index is 5.81. The van der Waals surface area contributed by atoms with Crippen LogP contribution in [0, 0.1) is 0 Å². The summed E-state index contributed by atoms with van der Waals surface area (Å²) in [6.07, 6.45) is 2.63. The van der Waals surface area contributed by atoms with Gasteiger partial charge in [-0.1, -0.05) is 6.92 Å². The van der Waals surface area contributed by atoms with E-state index in [9.17, 15) is 0 Å². The highest BCUT2D eigenvalue weighted by molar-refractivity contribution is 5.87. The molecule has 1 fully saturated rings. The lowest BCUT2D eigenvalue weighted by Crippen LogP contribution is -2.44.